The number of nitrogen functional groups attached to an aromatic ring is 1. The Balaban J connectivity index is 2.26. The normalized spacial score (nSPS) is 22.6. The fourth-order valence-corrected chi connectivity index (χ4v) is 3.74. The zero-order valence-electron chi connectivity index (χ0n) is 10.6. The molecule has 1 aliphatic rings. The van der Waals surface area contributed by atoms with Gasteiger partial charge in [-0.1, -0.05) is 0 Å². The summed E-state index contributed by atoms with van der Waals surface area (Å²) in [7, 11) is -3.67. The van der Waals surface area contributed by atoms with Crippen molar-refractivity contribution in [3.05, 3.63) is 24.0 Å². The van der Waals surface area contributed by atoms with Crippen LogP contribution in [-0.4, -0.2) is 37.0 Å². The van der Waals surface area contributed by atoms with Crippen molar-refractivity contribution < 1.29 is 17.9 Å². The van der Waals surface area contributed by atoms with E-state index in [2.05, 4.69) is 0 Å². The van der Waals surface area contributed by atoms with Crippen molar-refractivity contribution in [1.82, 2.24) is 4.31 Å². The molecule has 3 N–H and O–H groups in total. The number of aliphatic hydroxyl groups is 1. The number of hydrogen-bond acceptors (Lipinski definition) is 4. The molecule has 1 aromatic carbocycles. The second-order valence-electron chi connectivity index (χ2n) is 4.84. The monoisotopic (exact) mass is 288 g/mol. The van der Waals surface area contributed by atoms with Gasteiger partial charge in [0.1, 0.15) is 5.82 Å². The molecular formula is C12H17FN2O3S. The maximum absolute atomic E-state index is 13.1. The number of rotatable bonds is 3. The standard InChI is InChI=1S/C12H17FN2O3S/c1-8(16)9-4-5-15(7-9)19(17,18)10-2-3-11(13)12(14)6-10/h2-3,6,8-9,16H,4-5,7,14H2,1H3. The van der Waals surface area contributed by atoms with Gasteiger partial charge in [0, 0.05) is 13.1 Å². The zero-order valence-corrected chi connectivity index (χ0v) is 11.4. The van der Waals surface area contributed by atoms with Crippen LogP contribution in [0.5, 0.6) is 0 Å². The third kappa shape index (κ3) is 2.72. The first-order valence-electron chi connectivity index (χ1n) is 6.05. The molecular weight excluding hydrogens is 271 g/mol. The van der Waals surface area contributed by atoms with Crippen LogP contribution < -0.4 is 5.73 Å². The van der Waals surface area contributed by atoms with Gasteiger partial charge in [-0.2, -0.15) is 4.31 Å². The van der Waals surface area contributed by atoms with Gasteiger partial charge in [0.15, 0.2) is 0 Å². The van der Waals surface area contributed by atoms with Crippen LogP contribution in [0.2, 0.25) is 0 Å². The van der Waals surface area contributed by atoms with Crippen molar-refractivity contribution in [2.24, 2.45) is 5.92 Å². The number of nitrogens with zero attached hydrogens (tertiary/aromatic N) is 1. The molecule has 2 unspecified atom stereocenters. The quantitative estimate of drug-likeness (QED) is 0.806. The van der Waals surface area contributed by atoms with Gasteiger partial charge >= 0.3 is 0 Å². The molecule has 0 saturated carbocycles. The summed E-state index contributed by atoms with van der Waals surface area (Å²) in [6.07, 6.45) is 0.0756. The first-order chi connectivity index (χ1) is 8.82. The van der Waals surface area contributed by atoms with E-state index < -0.39 is 21.9 Å². The molecule has 2 rings (SSSR count). The van der Waals surface area contributed by atoms with E-state index in [1.165, 1.54) is 10.4 Å². The highest BCUT2D eigenvalue weighted by molar-refractivity contribution is 7.89. The Bertz CT molecular complexity index is 574. The molecule has 0 bridgehead atoms. The Morgan fingerprint density at radius 3 is 2.74 bits per heavy atom. The van der Waals surface area contributed by atoms with Crippen molar-refractivity contribution >= 4 is 15.7 Å². The van der Waals surface area contributed by atoms with Gasteiger partial charge in [0.25, 0.3) is 0 Å². The minimum atomic E-state index is -3.67. The maximum atomic E-state index is 13.1. The molecule has 19 heavy (non-hydrogen) atoms. The molecule has 7 heteroatoms. The predicted molar refractivity (Wildman–Crippen MR) is 69.4 cm³/mol. The Morgan fingerprint density at radius 1 is 1.53 bits per heavy atom. The van der Waals surface area contributed by atoms with Crippen molar-refractivity contribution in [3.8, 4) is 0 Å². The second-order valence-corrected chi connectivity index (χ2v) is 6.77. The molecule has 1 aliphatic heterocycles. The molecule has 1 aromatic rings. The maximum Gasteiger partial charge on any atom is 0.243 e. The van der Waals surface area contributed by atoms with Gasteiger partial charge in [-0.15, -0.1) is 0 Å². The van der Waals surface area contributed by atoms with E-state index in [1.807, 2.05) is 0 Å². The lowest BCUT2D eigenvalue weighted by molar-refractivity contribution is 0.133. The number of benzene rings is 1. The van der Waals surface area contributed by atoms with Crippen LogP contribution in [0, 0.1) is 11.7 Å². The smallest absolute Gasteiger partial charge is 0.243 e. The fourth-order valence-electron chi connectivity index (χ4n) is 2.20. The van der Waals surface area contributed by atoms with Crippen LogP contribution in [-0.2, 0) is 10.0 Å². The van der Waals surface area contributed by atoms with E-state index in [4.69, 9.17) is 5.73 Å². The van der Waals surface area contributed by atoms with Gasteiger partial charge in [0.05, 0.1) is 16.7 Å². The van der Waals surface area contributed by atoms with Crippen LogP contribution in [0.3, 0.4) is 0 Å². The molecule has 1 saturated heterocycles. The summed E-state index contributed by atoms with van der Waals surface area (Å²) in [4.78, 5) is -0.0161. The summed E-state index contributed by atoms with van der Waals surface area (Å²) in [5, 5.41) is 9.50. The zero-order chi connectivity index (χ0) is 14.2. The first kappa shape index (κ1) is 14.2. The van der Waals surface area contributed by atoms with Gasteiger partial charge in [-0.05, 0) is 37.5 Å². The van der Waals surface area contributed by atoms with Gasteiger partial charge < -0.3 is 10.8 Å². The summed E-state index contributed by atoms with van der Waals surface area (Å²) in [5.41, 5.74) is 5.21. The third-order valence-corrected chi connectivity index (χ3v) is 5.34. The van der Waals surface area contributed by atoms with E-state index in [-0.39, 0.29) is 23.0 Å². The molecule has 0 aromatic heterocycles. The second kappa shape index (κ2) is 5.07. The van der Waals surface area contributed by atoms with E-state index in [9.17, 15) is 17.9 Å². The lowest BCUT2D eigenvalue weighted by atomic mass is 10.0. The summed E-state index contributed by atoms with van der Waals surface area (Å²) in [6.45, 7) is 2.28. The van der Waals surface area contributed by atoms with Crippen molar-refractivity contribution in [1.29, 1.82) is 0 Å². The van der Waals surface area contributed by atoms with E-state index in [0.29, 0.717) is 13.0 Å². The highest BCUT2D eigenvalue weighted by Crippen LogP contribution is 2.27. The molecule has 5 nitrogen and oxygen atoms in total. The topological polar surface area (TPSA) is 83.6 Å². The lowest BCUT2D eigenvalue weighted by Gasteiger charge is -2.18. The fraction of sp³-hybridized carbons (Fsp3) is 0.500. The summed E-state index contributed by atoms with van der Waals surface area (Å²) < 4.78 is 39.0. The number of halogens is 1. The summed E-state index contributed by atoms with van der Waals surface area (Å²) in [6, 6.07) is 3.38. The molecule has 0 radical (unpaired) electrons. The average molecular weight is 288 g/mol. The highest BCUT2D eigenvalue weighted by Gasteiger charge is 2.34. The molecule has 0 spiro atoms. The van der Waals surface area contributed by atoms with Gasteiger partial charge in [0.2, 0.25) is 10.0 Å². The van der Waals surface area contributed by atoms with Gasteiger partial charge in [-0.3, -0.25) is 0 Å². The Morgan fingerprint density at radius 2 is 2.21 bits per heavy atom. The SMILES string of the molecule is CC(O)C1CCN(S(=O)(=O)c2ccc(F)c(N)c2)C1. The number of nitrogens with two attached hydrogens (primary N) is 1. The Hall–Kier alpha value is -1.18. The molecule has 2 atom stereocenters. The number of sulfonamides is 1. The van der Waals surface area contributed by atoms with Crippen LogP contribution in [0.4, 0.5) is 10.1 Å². The molecule has 1 fully saturated rings. The van der Waals surface area contributed by atoms with Gasteiger partial charge in [-0.25, -0.2) is 12.8 Å². The predicted octanol–water partition coefficient (Wildman–Crippen LogP) is 0.799. The molecule has 0 aliphatic carbocycles. The lowest BCUT2D eigenvalue weighted by Crippen LogP contribution is -2.30. The first-order valence-corrected chi connectivity index (χ1v) is 7.49. The Kier molecular flexibility index (Phi) is 3.80. The van der Waals surface area contributed by atoms with Crippen LogP contribution in [0.25, 0.3) is 0 Å². The number of aliphatic hydroxyl groups excluding tert-OH is 1. The molecule has 106 valence electrons. The summed E-state index contributed by atoms with van der Waals surface area (Å²) >= 11 is 0. The largest absolute Gasteiger partial charge is 0.396 e. The van der Waals surface area contributed by atoms with Crippen LogP contribution in [0.1, 0.15) is 13.3 Å². The van der Waals surface area contributed by atoms with E-state index in [0.717, 1.165) is 12.1 Å². The number of anilines is 1. The van der Waals surface area contributed by atoms with Crippen molar-refractivity contribution in [3.63, 3.8) is 0 Å². The van der Waals surface area contributed by atoms with Crippen LogP contribution in [0.15, 0.2) is 23.1 Å². The van der Waals surface area contributed by atoms with Crippen molar-refractivity contribution in [2.45, 2.75) is 24.3 Å². The Labute approximate surface area is 111 Å². The van der Waals surface area contributed by atoms with E-state index in [1.54, 1.807) is 6.92 Å². The van der Waals surface area contributed by atoms with Crippen molar-refractivity contribution in [2.75, 3.05) is 18.8 Å². The number of hydrogen-bond donors (Lipinski definition) is 2. The van der Waals surface area contributed by atoms with E-state index >= 15 is 0 Å². The minimum absolute atomic E-state index is 0.0161. The average Bonchev–Trinajstić information content (AvgIpc) is 2.82. The third-order valence-electron chi connectivity index (χ3n) is 3.47. The highest BCUT2D eigenvalue weighted by atomic mass is 32.2. The van der Waals surface area contributed by atoms with Crippen LogP contribution >= 0.6 is 0 Å². The minimum Gasteiger partial charge on any atom is -0.396 e. The molecule has 0 amide bonds. The molecule has 1 heterocycles. The summed E-state index contributed by atoms with van der Waals surface area (Å²) in [5.74, 6) is -0.699.